The molecule has 0 spiro atoms. The first-order valence-corrected chi connectivity index (χ1v) is 17.1. The minimum Gasteiger partial charge on any atom is -0.493 e. The number of Topliss-reactive ketones (excluding diaryl/α,β-unsaturated/α-hetero) is 2. The molecular formula is C39H44N4O8. The minimum atomic E-state index is -0.760. The topological polar surface area (TPSA) is 164 Å². The largest absolute Gasteiger partial charge is 0.493 e. The molecule has 2 aliphatic rings. The van der Waals surface area contributed by atoms with Crippen molar-refractivity contribution >= 4 is 52.6 Å². The molecule has 3 aromatic carbocycles. The Morgan fingerprint density at radius 1 is 1.00 bits per heavy atom. The number of benzene rings is 3. The lowest BCUT2D eigenvalue weighted by Gasteiger charge is -2.22. The molecule has 0 fully saturated rings. The van der Waals surface area contributed by atoms with Crippen molar-refractivity contribution in [3.05, 3.63) is 76.9 Å². The number of rotatable bonds is 16. The van der Waals surface area contributed by atoms with Gasteiger partial charge in [-0.25, -0.2) is 0 Å². The molecule has 0 aromatic heterocycles. The van der Waals surface area contributed by atoms with Gasteiger partial charge >= 0.3 is 0 Å². The molecule has 51 heavy (non-hydrogen) atoms. The van der Waals surface area contributed by atoms with Crippen LogP contribution in [0.4, 0.5) is 17.1 Å². The Balaban J connectivity index is 1.21. The number of carbonyl (C=O) groups is 5. The molecule has 12 heteroatoms. The normalized spacial score (nSPS) is 15.5. The van der Waals surface area contributed by atoms with Crippen LogP contribution in [0.5, 0.6) is 11.5 Å². The van der Waals surface area contributed by atoms with E-state index in [0.29, 0.717) is 65.2 Å². The minimum absolute atomic E-state index is 0.0473. The van der Waals surface area contributed by atoms with Crippen LogP contribution in [0.15, 0.2) is 59.6 Å². The number of amides is 3. The molecule has 3 N–H and O–H groups in total. The van der Waals surface area contributed by atoms with Crippen molar-refractivity contribution in [2.45, 2.75) is 84.6 Å². The van der Waals surface area contributed by atoms with Crippen molar-refractivity contribution in [2.24, 2.45) is 10.9 Å². The summed E-state index contributed by atoms with van der Waals surface area (Å²) in [5.41, 5.74) is 4.42. The molecule has 5 rings (SSSR count). The third kappa shape index (κ3) is 9.06. The molecule has 12 nitrogen and oxygen atoms in total. The number of anilines is 2. The first-order valence-electron chi connectivity index (χ1n) is 17.1. The van der Waals surface area contributed by atoms with E-state index in [1.54, 1.807) is 55.3 Å². The third-order valence-corrected chi connectivity index (χ3v) is 9.02. The van der Waals surface area contributed by atoms with E-state index in [0.717, 1.165) is 11.3 Å². The van der Waals surface area contributed by atoms with E-state index in [4.69, 9.17) is 9.47 Å². The summed E-state index contributed by atoms with van der Waals surface area (Å²) in [7, 11) is 1.49. The van der Waals surface area contributed by atoms with E-state index in [-0.39, 0.29) is 55.5 Å². The zero-order chi connectivity index (χ0) is 36.7. The Hall–Kier alpha value is -5.36. The van der Waals surface area contributed by atoms with Gasteiger partial charge in [-0.1, -0.05) is 25.1 Å². The second kappa shape index (κ2) is 16.6. The van der Waals surface area contributed by atoms with Crippen LogP contribution in [0.1, 0.15) is 79.9 Å². The summed E-state index contributed by atoms with van der Waals surface area (Å²) < 4.78 is 11.8. The Morgan fingerprint density at radius 2 is 1.75 bits per heavy atom. The molecule has 2 aliphatic heterocycles. The predicted molar refractivity (Wildman–Crippen MR) is 193 cm³/mol. The monoisotopic (exact) mass is 696 g/mol. The summed E-state index contributed by atoms with van der Waals surface area (Å²) in [6.45, 7) is 4.49. The van der Waals surface area contributed by atoms with Crippen LogP contribution in [0.25, 0.3) is 0 Å². The van der Waals surface area contributed by atoms with Crippen LogP contribution in [0.2, 0.25) is 0 Å². The summed E-state index contributed by atoms with van der Waals surface area (Å²) in [5.74, 6) is -1.02. The van der Waals surface area contributed by atoms with Crippen LogP contribution < -0.4 is 25.0 Å². The van der Waals surface area contributed by atoms with Crippen LogP contribution in [0.3, 0.4) is 0 Å². The maximum Gasteiger partial charge on any atom is 0.261 e. The van der Waals surface area contributed by atoms with Crippen molar-refractivity contribution < 1.29 is 38.6 Å². The number of fused-ring (bicyclic) bond motifs is 4. The van der Waals surface area contributed by atoms with Crippen LogP contribution >= 0.6 is 0 Å². The quantitative estimate of drug-likeness (QED) is 0.171. The smallest absolute Gasteiger partial charge is 0.261 e. The first-order chi connectivity index (χ1) is 24.5. The molecule has 268 valence electrons. The number of carbonyl (C=O) groups excluding carboxylic acids is 5. The van der Waals surface area contributed by atoms with Crippen molar-refractivity contribution in [1.82, 2.24) is 5.32 Å². The zero-order valence-corrected chi connectivity index (χ0v) is 29.4. The van der Waals surface area contributed by atoms with Gasteiger partial charge in [0, 0.05) is 55.3 Å². The highest BCUT2D eigenvalue weighted by atomic mass is 16.5. The summed E-state index contributed by atoms with van der Waals surface area (Å²) in [4.78, 5) is 69.3. The molecule has 0 saturated carbocycles. The standard InChI is InChI=1S/C39H44N4O8/c1-23(13-34(46)25(3)41-37(47)12-8-5-9-24(2)45)38(48)42-29-15-26(21-44)14-27(16-29)22-51-36-19-32-31(18-35(36)50-4)39(49)43-30(20-40-32)17-28-10-6-7-11-33(28)43/h6-7,10-11,14-16,18-20,23,25,30,44H,5,8-9,12-13,17,21-22H2,1-4H3,(H,41,47)(H,42,48)/t23-,25+,30+/m1/s1. The molecule has 0 saturated heterocycles. The van der Waals surface area contributed by atoms with Gasteiger partial charge in [0.1, 0.15) is 12.4 Å². The average Bonchev–Trinajstić information content (AvgIpc) is 3.43. The molecule has 3 aromatic rings. The fourth-order valence-electron chi connectivity index (χ4n) is 6.25. The maximum atomic E-state index is 13.7. The maximum absolute atomic E-state index is 13.7. The molecule has 0 radical (unpaired) electrons. The number of para-hydroxylation sites is 1. The average molecular weight is 697 g/mol. The fourth-order valence-corrected chi connectivity index (χ4v) is 6.25. The van der Waals surface area contributed by atoms with Gasteiger partial charge in [0.05, 0.1) is 37.1 Å². The van der Waals surface area contributed by atoms with Gasteiger partial charge in [-0.05, 0) is 73.7 Å². The number of ketones is 2. The highest BCUT2D eigenvalue weighted by Gasteiger charge is 2.36. The Bertz CT molecular complexity index is 1850. The molecular weight excluding hydrogens is 652 g/mol. The molecule has 3 amide bonds. The van der Waals surface area contributed by atoms with Gasteiger partial charge in [-0.15, -0.1) is 0 Å². The van der Waals surface area contributed by atoms with Crippen molar-refractivity contribution in [1.29, 1.82) is 0 Å². The first kappa shape index (κ1) is 36.9. The highest BCUT2D eigenvalue weighted by molar-refractivity contribution is 6.14. The summed E-state index contributed by atoms with van der Waals surface area (Å²) >= 11 is 0. The van der Waals surface area contributed by atoms with Gasteiger partial charge in [0.25, 0.3) is 5.91 Å². The number of hydrogen-bond donors (Lipinski definition) is 3. The SMILES string of the molecule is COc1cc2c(cc1OCc1cc(CO)cc(NC(=O)[C@H](C)CC(=O)[C@H](C)NC(=O)CCCCC(C)=O)c1)N=C[C@@H]1Cc3ccccc3N1C2=O. The van der Waals surface area contributed by atoms with Gasteiger partial charge in [0.15, 0.2) is 17.3 Å². The van der Waals surface area contributed by atoms with E-state index in [1.807, 2.05) is 24.3 Å². The van der Waals surface area contributed by atoms with Gasteiger partial charge < -0.3 is 30.0 Å². The second-order valence-electron chi connectivity index (χ2n) is 13.1. The number of ether oxygens (including phenoxy) is 2. The lowest BCUT2D eigenvalue weighted by atomic mass is 9.99. The third-order valence-electron chi connectivity index (χ3n) is 9.02. The van der Waals surface area contributed by atoms with Gasteiger partial charge in [-0.2, -0.15) is 0 Å². The zero-order valence-electron chi connectivity index (χ0n) is 29.4. The number of aliphatic imine (C=N–C) groups is 1. The van der Waals surface area contributed by atoms with Crippen molar-refractivity contribution in [3.8, 4) is 11.5 Å². The van der Waals surface area contributed by atoms with E-state index in [1.165, 1.54) is 14.0 Å². The predicted octanol–water partition coefficient (Wildman–Crippen LogP) is 5.24. The highest BCUT2D eigenvalue weighted by Crippen LogP contribution is 2.41. The van der Waals surface area contributed by atoms with Crippen LogP contribution in [-0.2, 0) is 38.8 Å². The van der Waals surface area contributed by atoms with E-state index in [2.05, 4.69) is 15.6 Å². The Morgan fingerprint density at radius 3 is 2.49 bits per heavy atom. The van der Waals surface area contributed by atoms with Crippen molar-refractivity contribution in [2.75, 3.05) is 17.3 Å². The molecule has 3 atom stereocenters. The second-order valence-corrected chi connectivity index (χ2v) is 13.1. The summed E-state index contributed by atoms with van der Waals surface area (Å²) in [5, 5.41) is 15.4. The summed E-state index contributed by atoms with van der Waals surface area (Å²) in [6.07, 6.45) is 4.18. The van der Waals surface area contributed by atoms with E-state index < -0.39 is 17.9 Å². The Kier molecular flexibility index (Phi) is 12.0. The lowest BCUT2D eigenvalue weighted by Crippen LogP contribution is -2.39. The van der Waals surface area contributed by atoms with Crippen LogP contribution in [0, 0.1) is 5.92 Å². The van der Waals surface area contributed by atoms with Gasteiger partial charge in [0.2, 0.25) is 11.8 Å². The number of hydrogen-bond acceptors (Lipinski definition) is 9. The molecule has 2 heterocycles. The van der Waals surface area contributed by atoms with E-state index >= 15 is 0 Å². The van der Waals surface area contributed by atoms with Crippen LogP contribution in [-0.4, -0.2) is 59.8 Å². The fraction of sp³-hybridized carbons (Fsp3) is 0.385. The molecule has 0 aliphatic carbocycles. The number of nitrogens with one attached hydrogen (secondary N) is 2. The molecule has 0 unspecified atom stereocenters. The number of methoxy groups -OCH3 is 1. The van der Waals surface area contributed by atoms with Crippen molar-refractivity contribution in [3.63, 3.8) is 0 Å². The number of unbranched alkanes of at least 4 members (excludes halogenated alkanes) is 1. The molecule has 0 bridgehead atoms. The number of aliphatic hydroxyl groups excluding tert-OH is 1. The number of nitrogens with zero attached hydrogens (tertiary/aromatic N) is 2. The Labute approximate surface area is 297 Å². The van der Waals surface area contributed by atoms with E-state index in [9.17, 15) is 29.1 Å². The van der Waals surface area contributed by atoms with Gasteiger partial charge in [-0.3, -0.25) is 29.1 Å². The summed E-state index contributed by atoms with van der Waals surface area (Å²) in [6, 6.07) is 15.3. The number of aliphatic hydroxyl groups is 1. The lowest BCUT2D eigenvalue weighted by molar-refractivity contribution is -0.129.